The first-order valence-corrected chi connectivity index (χ1v) is 10.0. The van der Waals surface area contributed by atoms with Gasteiger partial charge < -0.3 is 15.0 Å². The summed E-state index contributed by atoms with van der Waals surface area (Å²) in [7, 11) is 1.60. The van der Waals surface area contributed by atoms with Crippen molar-refractivity contribution in [2.24, 2.45) is 0 Å². The Labute approximate surface area is 165 Å². The van der Waals surface area contributed by atoms with E-state index < -0.39 is 0 Å². The normalized spacial score (nSPS) is 10.9. The number of hydrogen-bond donors (Lipinski definition) is 2. The second-order valence-corrected chi connectivity index (χ2v) is 7.44. The third kappa shape index (κ3) is 4.84. The van der Waals surface area contributed by atoms with Crippen molar-refractivity contribution in [1.29, 1.82) is 0 Å². The van der Waals surface area contributed by atoms with E-state index in [1.807, 2.05) is 23.6 Å². The van der Waals surface area contributed by atoms with Gasteiger partial charge in [0, 0.05) is 18.7 Å². The number of anilines is 1. The smallest absolute Gasteiger partial charge is 0.272 e. The topological polar surface area (TPSA) is 76.1 Å². The number of ether oxygens (including phenoxy) is 1. The first-order valence-electron chi connectivity index (χ1n) is 8.72. The van der Waals surface area contributed by atoms with Gasteiger partial charge in [-0.1, -0.05) is 6.42 Å². The van der Waals surface area contributed by atoms with Crippen LogP contribution in [-0.2, 0) is 11.3 Å². The van der Waals surface area contributed by atoms with Crippen LogP contribution in [0.4, 0.5) is 5.69 Å². The minimum absolute atomic E-state index is 0.0189. The Kier molecular flexibility index (Phi) is 6.41. The first kappa shape index (κ1) is 19.3. The number of carbonyl (C=O) groups is 1. The highest BCUT2D eigenvalue weighted by atomic mass is 32.1. The van der Waals surface area contributed by atoms with Gasteiger partial charge in [-0.05, 0) is 60.8 Å². The van der Waals surface area contributed by atoms with Crippen molar-refractivity contribution in [1.82, 2.24) is 9.55 Å². The molecule has 0 spiro atoms. The van der Waals surface area contributed by atoms with E-state index in [0.29, 0.717) is 22.4 Å². The van der Waals surface area contributed by atoms with Crippen molar-refractivity contribution in [2.45, 2.75) is 32.2 Å². The fourth-order valence-corrected chi connectivity index (χ4v) is 3.89. The van der Waals surface area contributed by atoms with Crippen LogP contribution < -0.4 is 15.6 Å². The van der Waals surface area contributed by atoms with E-state index >= 15 is 0 Å². The van der Waals surface area contributed by atoms with Gasteiger partial charge in [0.1, 0.15) is 10.4 Å². The molecule has 0 saturated heterocycles. The van der Waals surface area contributed by atoms with Gasteiger partial charge in [-0.2, -0.15) is 0 Å². The molecule has 0 saturated carbocycles. The van der Waals surface area contributed by atoms with Gasteiger partial charge in [-0.15, -0.1) is 11.3 Å². The lowest BCUT2D eigenvalue weighted by Gasteiger charge is -2.07. The number of carbonyl (C=O) groups excluding carboxylic acids is 1. The Balaban J connectivity index is 1.44. The summed E-state index contributed by atoms with van der Waals surface area (Å²) in [5, 5.41) is 4.75. The number of unbranched alkanes of at least 4 members (excludes halogenated alkanes) is 2. The molecule has 27 heavy (non-hydrogen) atoms. The highest BCUT2D eigenvalue weighted by Crippen LogP contribution is 2.16. The first-order chi connectivity index (χ1) is 13.1. The Bertz CT molecular complexity index is 1030. The molecule has 8 heteroatoms. The van der Waals surface area contributed by atoms with Gasteiger partial charge in [-0.25, -0.2) is 0 Å². The van der Waals surface area contributed by atoms with Crippen molar-refractivity contribution >= 4 is 45.4 Å². The molecule has 2 N–H and O–H groups in total. The van der Waals surface area contributed by atoms with E-state index in [1.165, 1.54) is 11.3 Å². The zero-order chi connectivity index (χ0) is 19.2. The van der Waals surface area contributed by atoms with Gasteiger partial charge >= 0.3 is 0 Å². The summed E-state index contributed by atoms with van der Waals surface area (Å²) in [5.74, 6) is 0.733. The maximum atomic E-state index is 12.4. The fraction of sp³-hybridized carbons (Fsp3) is 0.316. The summed E-state index contributed by atoms with van der Waals surface area (Å²) < 4.78 is 7.84. The third-order valence-corrected chi connectivity index (χ3v) is 5.48. The van der Waals surface area contributed by atoms with E-state index in [0.717, 1.165) is 36.2 Å². The van der Waals surface area contributed by atoms with Gasteiger partial charge in [-0.3, -0.25) is 14.2 Å². The molecular formula is C19H21N3O3S2. The molecule has 0 bridgehead atoms. The number of nitrogens with one attached hydrogen (secondary N) is 2. The molecule has 2 aromatic heterocycles. The number of thiophene rings is 1. The maximum Gasteiger partial charge on any atom is 0.272 e. The van der Waals surface area contributed by atoms with E-state index in [2.05, 4.69) is 10.3 Å². The molecule has 3 rings (SSSR count). The summed E-state index contributed by atoms with van der Waals surface area (Å²) in [6.07, 6.45) is 2.84. The standard InChI is InChI=1S/C19H21N3O3S2/c1-25-14-8-6-13(7-9-14)20-16(23)5-3-2-4-11-22-18(24)17-15(10-12-27-17)21-19(22)26/h6-10,12H,2-5,11H2,1H3,(H,20,23)(H,21,26). The summed E-state index contributed by atoms with van der Waals surface area (Å²) >= 11 is 6.70. The minimum atomic E-state index is -0.0407. The number of amides is 1. The molecule has 0 aliphatic heterocycles. The number of benzene rings is 1. The molecule has 142 valence electrons. The van der Waals surface area contributed by atoms with Crippen molar-refractivity contribution < 1.29 is 9.53 Å². The predicted octanol–water partition coefficient (Wildman–Crippen LogP) is 4.33. The molecule has 0 aliphatic rings. The second-order valence-electron chi connectivity index (χ2n) is 6.14. The summed E-state index contributed by atoms with van der Waals surface area (Å²) in [6.45, 7) is 0.558. The van der Waals surface area contributed by atoms with Crippen LogP contribution in [0.3, 0.4) is 0 Å². The zero-order valence-corrected chi connectivity index (χ0v) is 16.6. The number of hydrogen-bond acceptors (Lipinski definition) is 5. The van der Waals surface area contributed by atoms with Crippen LogP contribution in [0.1, 0.15) is 25.7 Å². The predicted molar refractivity (Wildman–Crippen MR) is 111 cm³/mol. The van der Waals surface area contributed by atoms with Crippen molar-refractivity contribution in [3.63, 3.8) is 0 Å². The lowest BCUT2D eigenvalue weighted by atomic mass is 10.2. The number of fused-ring (bicyclic) bond motifs is 1. The fourth-order valence-electron chi connectivity index (χ4n) is 2.80. The Morgan fingerprint density at radius 2 is 2.00 bits per heavy atom. The molecular weight excluding hydrogens is 382 g/mol. The van der Waals surface area contributed by atoms with Gasteiger partial charge in [0.25, 0.3) is 5.56 Å². The van der Waals surface area contributed by atoms with Crippen LogP contribution in [0.2, 0.25) is 0 Å². The maximum absolute atomic E-state index is 12.4. The number of methoxy groups -OCH3 is 1. The van der Waals surface area contributed by atoms with E-state index in [1.54, 1.807) is 23.8 Å². The molecule has 3 aromatic rings. The Morgan fingerprint density at radius 3 is 2.74 bits per heavy atom. The molecule has 0 fully saturated rings. The van der Waals surface area contributed by atoms with Crippen LogP contribution in [0.5, 0.6) is 5.75 Å². The lowest BCUT2D eigenvalue weighted by molar-refractivity contribution is -0.116. The monoisotopic (exact) mass is 403 g/mol. The van der Waals surface area contributed by atoms with Crippen LogP contribution in [0.15, 0.2) is 40.5 Å². The molecule has 0 aliphatic carbocycles. The molecule has 0 radical (unpaired) electrons. The Hall–Kier alpha value is -2.45. The quantitative estimate of drug-likeness (QED) is 0.434. The molecule has 0 unspecified atom stereocenters. The summed E-state index contributed by atoms with van der Waals surface area (Å²) in [4.78, 5) is 27.5. The number of aromatic nitrogens is 2. The highest BCUT2D eigenvalue weighted by molar-refractivity contribution is 7.71. The number of nitrogens with zero attached hydrogens (tertiary/aromatic N) is 1. The average molecular weight is 404 g/mol. The van der Waals surface area contributed by atoms with Gasteiger partial charge in [0.05, 0.1) is 12.6 Å². The average Bonchev–Trinajstić information content (AvgIpc) is 3.13. The summed E-state index contributed by atoms with van der Waals surface area (Å²) in [6, 6.07) is 9.10. The molecule has 1 amide bonds. The van der Waals surface area contributed by atoms with Crippen LogP contribution in [-0.4, -0.2) is 22.6 Å². The van der Waals surface area contributed by atoms with Crippen LogP contribution >= 0.6 is 23.6 Å². The number of rotatable bonds is 8. The molecule has 2 heterocycles. The Morgan fingerprint density at radius 1 is 1.22 bits per heavy atom. The molecule has 0 atom stereocenters. The van der Waals surface area contributed by atoms with Crippen molar-refractivity contribution in [3.8, 4) is 5.75 Å². The highest BCUT2D eigenvalue weighted by Gasteiger charge is 2.07. The largest absolute Gasteiger partial charge is 0.497 e. The van der Waals surface area contributed by atoms with E-state index in [9.17, 15) is 9.59 Å². The van der Waals surface area contributed by atoms with E-state index in [-0.39, 0.29) is 11.5 Å². The van der Waals surface area contributed by atoms with Gasteiger partial charge in [0.2, 0.25) is 5.91 Å². The second kappa shape index (κ2) is 8.96. The van der Waals surface area contributed by atoms with Gasteiger partial charge in [0.15, 0.2) is 4.77 Å². The lowest BCUT2D eigenvalue weighted by Crippen LogP contribution is -2.21. The van der Waals surface area contributed by atoms with E-state index in [4.69, 9.17) is 17.0 Å². The third-order valence-electron chi connectivity index (χ3n) is 4.25. The van der Waals surface area contributed by atoms with Crippen molar-refractivity contribution in [3.05, 3.63) is 50.8 Å². The number of H-pyrrole nitrogens is 1. The molecule has 1 aromatic carbocycles. The SMILES string of the molecule is COc1ccc(NC(=O)CCCCCn2c(=S)[nH]c3ccsc3c2=O)cc1. The van der Waals surface area contributed by atoms with Crippen LogP contribution in [0.25, 0.3) is 10.2 Å². The zero-order valence-electron chi connectivity index (χ0n) is 15.0. The molecule has 6 nitrogen and oxygen atoms in total. The minimum Gasteiger partial charge on any atom is -0.497 e. The summed E-state index contributed by atoms with van der Waals surface area (Å²) in [5.41, 5.74) is 1.50. The number of aromatic amines is 1. The van der Waals surface area contributed by atoms with Crippen molar-refractivity contribution in [2.75, 3.05) is 12.4 Å². The van der Waals surface area contributed by atoms with Crippen LogP contribution in [0, 0.1) is 4.77 Å².